The maximum absolute atomic E-state index is 13.8. The summed E-state index contributed by atoms with van der Waals surface area (Å²) in [5.41, 5.74) is 6.32. The molecule has 5 fully saturated rings. The van der Waals surface area contributed by atoms with Crippen molar-refractivity contribution in [2.45, 2.75) is 49.9 Å². The zero-order chi connectivity index (χ0) is 21.8. The molecule has 1 aliphatic heterocycles. The molecule has 5 aliphatic rings. The van der Waals surface area contributed by atoms with Gasteiger partial charge in [0.25, 0.3) is 0 Å². The molecule has 0 radical (unpaired) electrons. The summed E-state index contributed by atoms with van der Waals surface area (Å²) in [7, 11) is 0. The van der Waals surface area contributed by atoms with Gasteiger partial charge in [-0.1, -0.05) is 17.7 Å². The maximum atomic E-state index is 13.8. The fourth-order valence-corrected chi connectivity index (χ4v) is 8.02. The molecule has 4 saturated carbocycles. The Kier molecular flexibility index (Phi) is 5.72. The van der Waals surface area contributed by atoms with Crippen molar-refractivity contribution in [2.24, 2.45) is 28.9 Å². The van der Waals surface area contributed by atoms with Crippen molar-refractivity contribution in [3.8, 4) is 0 Å². The SMILES string of the molecule is NC(=O)C12CC3CC(C1)C(NC(=O)C1CN(Cc4ccc(Cl)c(F)c4)CCS1)C(C3)C2. The molecule has 168 valence electrons. The lowest BCUT2D eigenvalue weighted by atomic mass is 9.47. The smallest absolute Gasteiger partial charge is 0.234 e. The number of nitrogens with zero attached hydrogens (tertiary/aromatic N) is 1. The third kappa shape index (κ3) is 4.09. The van der Waals surface area contributed by atoms with Gasteiger partial charge in [0, 0.05) is 36.8 Å². The topological polar surface area (TPSA) is 75.4 Å². The van der Waals surface area contributed by atoms with E-state index in [1.165, 1.54) is 6.07 Å². The molecule has 1 saturated heterocycles. The Hall–Kier alpha value is -1.31. The number of benzene rings is 1. The molecule has 6 rings (SSSR count). The highest BCUT2D eigenvalue weighted by Gasteiger charge is 2.58. The van der Waals surface area contributed by atoms with Gasteiger partial charge in [0.15, 0.2) is 0 Å². The van der Waals surface area contributed by atoms with Crippen molar-refractivity contribution in [3.05, 3.63) is 34.6 Å². The fourth-order valence-electron chi connectivity index (χ4n) is 6.72. The number of primary amides is 1. The Balaban J connectivity index is 1.21. The molecule has 3 atom stereocenters. The van der Waals surface area contributed by atoms with Crippen molar-refractivity contribution in [3.63, 3.8) is 0 Å². The van der Waals surface area contributed by atoms with E-state index in [4.69, 9.17) is 17.3 Å². The molecule has 0 spiro atoms. The monoisotopic (exact) mass is 465 g/mol. The van der Waals surface area contributed by atoms with E-state index in [0.29, 0.717) is 30.8 Å². The number of amides is 2. The summed E-state index contributed by atoms with van der Waals surface area (Å²) in [6, 6.07) is 5.06. The number of hydrogen-bond donors (Lipinski definition) is 2. The molecule has 8 heteroatoms. The third-order valence-electron chi connectivity index (χ3n) is 7.94. The van der Waals surface area contributed by atoms with Gasteiger partial charge in [-0.25, -0.2) is 4.39 Å². The highest BCUT2D eigenvalue weighted by Crippen LogP contribution is 2.59. The van der Waals surface area contributed by atoms with E-state index < -0.39 is 5.82 Å². The number of carbonyl (C=O) groups is 2. The van der Waals surface area contributed by atoms with Gasteiger partial charge in [-0.3, -0.25) is 14.5 Å². The van der Waals surface area contributed by atoms with Crippen molar-refractivity contribution < 1.29 is 14.0 Å². The van der Waals surface area contributed by atoms with Gasteiger partial charge >= 0.3 is 0 Å². The molecule has 1 aromatic rings. The zero-order valence-electron chi connectivity index (χ0n) is 17.5. The minimum absolute atomic E-state index is 0.0996. The van der Waals surface area contributed by atoms with Crippen molar-refractivity contribution in [1.29, 1.82) is 0 Å². The largest absolute Gasteiger partial charge is 0.369 e. The molecular formula is C23H29ClFN3O2S. The molecule has 0 aromatic heterocycles. The second kappa shape index (κ2) is 8.23. The first kappa shape index (κ1) is 21.5. The van der Waals surface area contributed by atoms with Crippen LogP contribution in [0.25, 0.3) is 0 Å². The average Bonchev–Trinajstić information content (AvgIpc) is 2.73. The highest BCUT2D eigenvalue weighted by molar-refractivity contribution is 8.00. The van der Waals surface area contributed by atoms with Crippen molar-refractivity contribution >= 4 is 35.2 Å². The van der Waals surface area contributed by atoms with Crippen LogP contribution in [-0.2, 0) is 16.1 Å². The first-order valence-corrected chi connectivity index (χ1v) is 12.6. The summed E-state index contributed by atoms with van der Waals surface area (Å²) < 4.78 is 13.8. The van der Waals surface area contributed by atoms with Crippen LogP contribution in [0.1, 0.15) is 37.7 Å². The molecule has 4 aliphatic carbocycles. The second-order valence-electron chi connectivity index (χ2n) is 9.99. The van der Waals surface area contributed by atoms with Gasteiger partial charge in [-0.15, -0.1) is 11.8 Å². The first-order chi connectivity index (χ1) is 14.8. The Morgan fingerprint density at radius 2 is 2.00 bits per heavy atom. The van der Waals surface area contributed by atoms with Crippen LogP contribution >= 0.6 is 23.4 Å². The van der Waals surface area contributed by atoms with Crippen molar-refractivity contribution in [2.75, 3.05) is 18.8 Å². The van der Waals surface area contributed by atoms with Gasteiger partial charge in [0.1, 0.15) is 5.82 Å². The fraction of sp³-hybridized carbons (Fsp3) is 0.652. The van der Waals surface area contributed by atoms with Crippen LogP contribution < -0.4 is 11.1 Å². The molecule has 1 aromatic carbocycles. The average molecular weight is 466 g/mol. The van der Waals surface area contributed by atoms with Crippen LogP contribution in [0.3, 0.4) is 0 Å². The van der Waals surface area contributed by atoms with E-state index in [-0.39, 0.29) is 33.5 Å². The minimum Gasteiger partial charge on any atom is -0.369 e. The molecule has 1 heterocycles. The predicted molar refractivity (Wildman–Crippen MR) is 120 cm³/mol. The van der Waals surface area contributed by atoms with E-state index in [1.807, 2.05) is 6.07 Å². The lowest BCUT2D eigenvalue weighted by molar-refractivity contribution is -0.147. The normalized spacial score (nSPS) is 37.0. The van der Waals surface area contributed by atoms with Gasteiger partial charge in [-0.05, 0) is 67.6 Å². The molecular weight excluding hydrogens is 437 g/mol. The Bertz CT molecular complexity index is 884. The minimum atomic E-state index is -0.407. The van der Waals surface area contributed by atoms with E-state index in [9.17, 15) is 14.0 Å². The van der Waals surface area contributed by atoms with Crippen molar-refractivity contribution in [1.82, 2.24) is 10.2 Å². The number of carbonyl (C=O) groups excluding carboxylic acids is 2. The highest BCUT2D eigenvalue weighted by atomic mass is 35.5. The zero-order valence-corrected chi connectivity index (χ0v) is 19.1. The van der Waals surface area contributed by atoms with Crippen LogP contribution in [0.15, 0.2) is 18.2 Å². The lowest BCUT2D eigenvalue weighted by Gasteiger charge is -2.59. The predicted octanol–water partition coefficient (Wildman–Crippen LogP) is 3.19. The van der Waals surface area contributed by atoms with Gasteiger partial charge < -0.3 is 11.1 Å². The van der Waals surface area contributed by atoms with E-state index >= 15 is 0 Å². The number of nitrogens with one attached hydrogen (secondary N) is 1. The van der Waals surface area contributed by atoms with Crippen LogP contribution in [-0.4, -0.2) is 46.8 Å². The van der Waals surface area contributed by atoms with Gasteiger partial charge in [-0.2, -0.15) is 0 Å². The van der Waals surface area contributed by atoms with Crippen LogP contribution in [0, 0.1) is 29.0 Å². The molecule has 2 amide bonds. The summed E-state index contributed by atoms with van der Waals surface area (Å²) in [6.45, 7) is 2.13. The van der Waals surface area contributed by atoms with Gasteiger partial charge in [0.2, 0.25) is 11.8 Å². The van der Waals surface area contributed by atoms with Gasteiger partial charge in [0.05, 0.1) is 10.3 Å². The molecule has 3 N–H and O–H groups in total. The quantitative estimate of drug-likeness (QED) is 0.700. The number of halogens is 2. The summed E-state index contributed by atoms with van der Waals surface area (Å²) in [6.07, 6.45) is 4.79. The summed E-state index contributed by atoms with van der Waals surface area (Å²) in [4.78, 5) is 27.5. The first-order valence-electron chi connectivity index (χ1n) is 11.2. The second-order valence-corrected chi connectivity index (χ2v) is 11.7. The Labute approximate surface area is 191 Å². The molecule has 5 nitrogen and oxygen atoms in total. The summed E-state index contributed by atoms with van der Waals surface area (Å²) in [5.74, 6) is 1.73. The molecule has 4 bridgehead atoms. The van der Waals surface area contributed by atoms with E-state index in [2.05, 4.69) is 10.2 Å². The number of thioether (sulfide) groups is 1. The number of hydrogen-bond acceptors (Lipinski definition) is 4. The molecule has 31 heavy (non-hydrogen) atoms. The maximum Gasteiger partial charge on any atom is 0.234 e. The number of rotatable bonds is 5. The summed E-state index contributed by atoms with van der Waals surface area (Å²) >= 11 is 7.49. The summed E-state index contributed by atoms with van der Waals surface area (Å²) in [5, 5.41) is 3.37. The lowest BCUT2D eigenvalue weighted by Crippen LogP contribution is -2.63. The van der Waals surface area contributed by atoms with Crippen LogP contribution in [0.2, 0.25) is 5.02 Å². The van der Waals surface area contributed by atoms with E-state index in [0.717, 1.165) is 50.0 Å². The number of nitrogens with two attached hydrogens (primary N) is 1. The van der Waals surface area contributed by atoms with Crippen LogP contribution in [0.4, 0.5) is 4.39 Å². The molecule has 3 unspecified atom stereocenters. The Morgan fingerprint density at radius 3 is 2.68 bits per heavy atom. The standard InChI is InChI=1S/C23H29ClFN3O2S/c24-17-2-1-13(7-18(17)25)11-28-3-4-31-19(12-28)21(29)27-20-15-5-14-6-16(20)10-23(8-14,9-15)22(26)30/h1-2,7,14-16,19-20H,3-6,8-12H2,(H2,26,30)(H,27,29). The van der Waals surface area contributed by atoms with Crippen LogP contribution in [0.5, 0.6) is 0 Å². The van der Waals surface area contributed by atoms with E-state index in [1.54, 1.807) is 17.8 Å². The third-order valence-corrected chi connectivity index (χ3v) is 9.43. The Morgan fingerprint density at radius 1 is 1.26 bits per heavy atom.